The van der Waals surface area contributed by atoms with Gasteiger partial charge in [0, 0.05) is 11.4 Å². The van der Waals surface area contributed by atoms with Gasteiger partial charge in [-0.1, -0.05) is 11.8 Å². The highest BCUT2D eigenvalue weighted by atomic mass is 32.2. The van der Waals surface area contributed by atoms with E-state index in [1.165, 1.54) is 4.88 Å². The molecule has 2 aromatic heterocycles. The summed E-state index contributed by atoms with van der Waals surface area (Å²) in [5.74, 6) is 0.970. The smallest absolute Gasteiger partial charge is 0.263 e. The highest BCUT2D eigenvalue weighted by molar-refractivity contribution is 7.99. The molecule has 1 fully saturated rings. The van der Waals surface area contributed by atoms with Crippen molar-refractivity contribution in [2.75, 3.05) is 45.6 Å². The van der Waals surface area contributed by atoms with Gasteiger partial charge in [0.1, 0.15) is 17.9 Å². The molecular weight excluding hydrogens is 342 g/mol. The maximum absolute atomic E-state index is 12.8. The summed E-state index contributed by atoms with van der Waals surface area (Å²) in [6.45, 7) is 11.7. The van der Waals surface area contributed by atoms with Crippen LogP contribution in [0.2, 0.25) is 0 Å². The molecule has 1 aliphatic heterocycles. The van der Waals surface area contributed by atoms with Crippen LogP contribution in [0.4, 0.5) is 0 Å². The van der Waals surface area contributed by atoms with Crippen LogP contribution < -0.4 is 5.56 Å². The number of aromatic nitrogens is 2. The maximum Gasteiger partial charge on any atom is 0.263 e. The van der Waals surface area contributed by atoms with E-state index in [0.29, 0.717) is 6.54 Å². The Kier molecular flexibility index (Phi) is 5.34. The van der Waals surface area contributed by atoms with Crippen LogP contribution in [0, 0.1) is 13.8 Å². The van der Waals surface area contributed by atoms with Crippen LogP contribution in [0.5, 0.6) is 0 Å². The van der Waals surface area contributed by atoms with Gasteiger partial charge in [-0.2, -0.15) is 0 Å². The van der Waals surface area contributed by atoms with E-state index in [2.05, 4.69) is 14.0 Å². The molecule has 2 aromatic rings. The van der Waals surface area contributed by atoms with E-state index in [-0.39, 0.29) is 5.56 Å². The minimum absolute atomic E-state index is 0.110. The first kappa shape index (κ1) is 17.9. The highest BCUT2D eigenvalue weighted by Crippen LogP contribution is 2.28. The second-order valence-electron chi connectivity index (χ2n) is 6.66. The highest BCUT2D eigenvalue weighted by Gasteiger charge is 2.25. The zero-order valence-electron chi connectivity index (χ0n) is 14.9. The molecule has 0 spiro atoms. The van der Waals surface area contributed by atoms with Gasteiger partial charge in [-0.05, 0) is 26.3 Å². The Balaban J connectivity index is 1.82. The molecule has 1 aliphatic rings. The van der Waals surface area contributed by atoms with Crippen molar-refractivity contribution >= 4 is 33.3 Å². The number of fused-ring (bicyclic) bond motifs is 1. The lowest BCUT2D eigenvalue weighted by Crippen LogP contribution is -2.53. The Bertz CT molecular complexity index is 791. The lowest BCUT2D eigenvalue weighted by molar-refractivity contribution is -0.914. The molecule has 0 radical (unpaired) electrons. The van der Waals surface area contributed by atoms with E-state index in [1.54, 1.807) is 23.1 Å². The van der Waals surface area contributed by atoms with Crippen molar-refractivity contribution in [3.63, 3.8) is 0 Å². The average molecular weight is 369 g/mol. The van der Waals surface area contributed by atoms with Crippen LogP contribution in [0.25, 0.3) is 10.2 Å². The number of hydrogen-bond acceptors (Lipinski definition) is 5. The summed E-state index contributed by atoms with van der Waals surface area (Å²) in [6.07, 6.45) is 0. The quantitative estimate of drug-likeness (QED) is 0.462. The Morgan fingerprint density at radius 1 is 1.33 bits per heavy atom. The van der Waals surface area contributed by atoms with Crippen LogP contribution in [-0.2, 0) is 11.3 Å². The van der Waals surface area contributed by atoms with Crippen LogP contribution >= 0.6 is 23.1 Å². The summed E-state index contributed by atoms with van der Waals surface area (Å²) in [6, 6.07) is 0. The molecule has 7 heteroatoms. The number of likely N-dealkylation sites (N-methyl/N-ethyl adjacent to an activating group) is 1. The van der Waals surface area contributed by atoms with Gasteiger partial charge in [-0.25, -0.2) is 4.98 Å². The van der Waals surface area contributed by atoms with Crippen LogP contribution in [0.3, 0.4) is 0 Å². The molecule has 0 unspecified atom stereocenters. The molecule has 3 rings (SSSR count). The SMILES string of the molecule is CCn1c(SCC[N+]2(C)CCOCC2)nc2sc(C)c(C)c2c1=O. The minimum Gasteiger partial charge on any atom is -0.370 e. The zero-order valence-corrected chi connectivity index (χ0v) is 16.6. The van der Waals surface area contributed by atoms with Crippen molar-refractivity contribution in [3.8, 4) is 0 Å². The lowest BCUT2D eigenvalue weighted by Gasteiger charge is -2.37. The van der Waals surface area contributed by atoms with Gasteiger partial charge < -0.3 is 9.22 Å². The number of hydrogen-bond donors (Lipinski definition) is 0. The number of rotatable bonds is 5. The second kappa shape index (κ2) is 7.15. The third kappa shape index (κ3) is 3.40. The molecule has 0 bridgehead atoms. The largest absolute Gasteiger partial charge is 0.370 e. The number of quaternary nitrogens is 1. The second-order valence-corrected chi connectivity index (χ2v) is 8.92. The summed E-state index contributed by atoms with van der Waals surface area (Å²) >= 11 is 3.34. The van der Waals surface area contributed by atoms with E-state index in [1.807, 2.05) is 18.4 Å². The Morgan fingerprint density at radius 2 is 2.04 bits per heavy atom. The topological polar surface area (TPSA) is 44.1 Å². The number of morpholine rings is 1. The first-order valence-electron chi connectivity index (χ1n) is 8.50. The van der Waals surface area contributed by atoms with Gasteiger partial charge >= 0.3 is 0 Å². The standard InChI is InChI=1S/C17H26N3O2S2/c1-5-19-16(21)14-12(2)13(3)24-15(14)18-17(19)23-11-8-20(4)6-9-22-10-7-20/h5-11H2,1-4H3/q+1. The molecule has 5 nitrogen and oxygen atoms in total. The molecule has 0 amide bonds. The molecule has 132 valence electrons. The Morgan fingerprint density at radius 3 is 2.71 bits per heavy atom. The summed E-state index contributed by atoms with van der Waals surface area (Å²) in [5.41, 5.74) is 1.19. The van der Waals surface area contributed by atoms with Gasteiger partial charge in [0.25, 0.3) is 5.56 Å². The molecule has 0 atom stereocenters. The molecule has 1 saturated heterocycles. The van der Waals surface area contributed by atoms with Crippen molar-refractivity contribution in [1.29, 1.82) is 0 Å². The van der Waals surface area contributed by atoms with E-state index >= 15 is 0 Å². The average Bonchev–Trinajstić information content (AvgIpc) is 2.83. The fraction of sp³-hybridized carbons (Fsp3) is 0.647. The van der Waals surface area contributed by atoms with Crippen molar-refractivity contribution in [3.05, 3.63) is 20.8 Å². The zero-order chi connectivity index (χ0) is 17.3. The molecule has 0 aliphatic carbocycles. The van der Waals surface area contributed by atoms with Crippen molar-refractivity contribution in [2.45, 2.75) is 32.5 Å². The molecule has 24 heavy (non-hydrogen) atoms. The molecule has 0 aromatic carbocycles. The first-order chi connectivity index (χ1) is 11.4. The molecule has 3 heterocycles. The fourth-order valence-corrected chi connectivity index (χ4v) is 5.38. The van der Waals surface area contributed by atoms with E-state index in [4.69, 9.17) is 9.72 Å². The third-order valence-corrected chi connectivity index (χ3v) is 7.04. The maximum atomic E-state index is 12.8. The summed E-state index contributed by atoms with van der Waals surface area (Å²) in [7, 11) is 2.29. The summed E-state index contributed by atoms with van der Waals surface area (Å²) in [5, 5.41) is 1.66. The monoisotopic (exact) mass is 368 g/mol. The number of thiophene rings is 1. The van der Waals surface area contributed by atoms with Crippen LogP contribution in [-0.4, -0.2) is 59.7 Å². The predicted octanol–water partition coefficient (Wildman–Crippen LogP) is 2.66. The van der Waals surface area contributed by atoms with Gasteiger partial charge in [-0.3, -0.25) is 9.36 Å². The van der Waals surface area contributed by atoms with Crippen molar-refractivity contribution in [1.82, 2.24) is 9.55 Å². The molecular formula is C17H26N3O2S2+. The van der Waals surface area contributed by atoms with Gasteiger partial charge in [0.2, 0.25) is 0 Å². The number of aryl methyl sites for hydroxylation is 2. The van der Waals surface area contributed by atoms with Crippen molar-refractivity contribution < 1.29 is 9.22 Å². The molecule has 0 N–H and O–H groups in total. The Labute approximate surface area is 151 Å². The normalized spacial score (nSPS) is 17.5. The van der Waals surface area contributed by atoms with E-state index in [0.717, 1.165) is 64.0 Å². The van der Waals surface area contributed by atoms with E-state index in [9.17, 15) is 4.79 Å². The number of nitrogens with zero attached hydrogens (tertiary/aromatic N) is 3. The number of thioether (sulfide) groups is 1. The van der Waals surface area contributed by atoms with Crippen molar-refractivity contribution in [2.24, 2.45) is 0 Å². The lowest BCUT2D eigenvalue weighted by atomic mass is 10.2. The van der Waals surface area contributed by atoms with Crippen LogP contribution in [0.15, 0.2) is 9.95 Å². The van der Waals surface area contributed by atoms with Gasteiger partial charge in [-0.15, -0.1) is 11.3 Å². The summed E-state index contributed by atoms with van der Waals surface area (Å²) < 4.78 is 8.33. The predicted molar refractivity (Wildman–Crippen MR) is 101 cm³/mol. The molecule has 0 saturated carbocycles. The van der Waals surface area contributed by atoms with Crippen LogP contribution in [0.1, 0.15) is 17.4 Å². The first-order valence-corrected chi connectivity index (χ1v) is 10.3. The van der Waals surface area contributed by atoms with Gasteiger partial charge in [0.15, 0.2) is 5.16 Å². The summed E-state index contributed by atoms with van der Waals surface area (Å²) in [4.78, 5) is 19.7. The third-order valence-electron chi connectivity index (χ3n) is 4.98. The Hall–Kier alpha value is -0.890. The van der Waals surface area contributed by atoms with E-state index < -0.39 is 0 Å². The number of ether oxygens (including phenoxy) is 1. The fourth-order valence-electron chi connectivity index (χ4n) is 3.06. The van der Waals surface area contributed by atoms with Gasteiger partial charge in [0.05, 0.1) is 37.9 Å². The minimum atomic E-state index is 0.110.